The lowest BCUT2D eigenvalue weighted by Gasteiger charge is -2.07. The number of aromatic nitrogens is 5. The van der Waals surface area contributed by atoms with Crippen molar-refractivity contribution < 1.29 is 9.53 Å². The summed E-state index contributed by atoms with van der Waals surface area (Å²) in [6, 6.07) is 6.09. The van der Waals surface area contributed by atoms with Gasteiger partial charge in [0.2, 0.25) is 0 Å². The minimum absolute atomic E-state index is 0.290. The summed E-state index contributed by atoms with van der Waals surface area (Å²) in [4.78, 5) is 28.7. The van der Waals surface area contributed by atoms with E-state index in [0.29, 0.717) is 36.6 Å². The van der Waals surface area contributed by atoms with Gasteiger partial charge in [-0.3, -0.25) is 4.79 Å². The first kappa shape index (κ1) is 18.6. The van der Waals surface area contributed by atoms with Crippen LogP contribution in [0.5, 0.6) is 0 Å². The SMILES string of the molecule is CC(=O)OCCCn1c(Sc2nc3cccc(C)c3s2)nc2c(N)ncnc21. The van der Waals surface area contributed by atoms with Gasteiger partial charge in [-0.25, -0.2) is 19.9 Å². The van der Waals surface area contributed by atoms with Gasteiger partial charge in [-0.2, -0.15) is 0 Å². The third-order valence-corrected chi connectivity index (χ3v) is 6.39. The maximum absolute atomic E-state index is 11.0. The minimum Gasteiger partial charge on any atom is -0.466 e. The van der Waals surface area contributed by atoms with Crippen molar-refractivity contribution in [2.24, 2.45) is 0 Å². The lowest BCUT2D eigenvalue weighted by atomic mass is 10.2. The van der Waals surface area contributed by atoms with Crippen molar-refractivity contribution in [2.45, 2.75) is 36.3 Å². The number of rotatable bonds is 6. The van der Waals surface area contributed by atoms with E-state index in [1.165, 1.54) is 35.3 Å². The summed E-state index contributed by atoms with van der Waals surface area (Å²) in [5.74, 6) is 0.0484. The summed E-state index contributed by atoms with van der Waals surface area (Å²) in [5, 5.41) is 0.738. The highest BCUT2D eigenvalue weighted by atomic mass is 32.2. The number of aryl methyl sites for hydroxylation is 2. The van der Waals surface area contributed by atoms with Crippen LogP contribution in [-0.4, -0.2) is 37.1 Å². The number of nitrogens with zero attached hydrogens (tertiary/aromatic N) is 5. The van der Waals surface area contributed by atoms with E-state index in [-0.39, 0.29) is 5.97 Å². The molecule has 0 aliphatic rings. The Morgan fingerprint density at radius 3 is 2.96 bits per heavy atom. The predicted octanol–water partition coefficient (Wildman–Crippen LogP) is 3.43. The molecule has 0 atom stereocenters. The molecule has 144 valence electrons. The van der Waals surface area contributed by atoms with Crippen LogP contribution < -0.4 is 5.73 Å². The number of esters is 1. The molecule has 2 N–H and O–H groups in total. The summed E-state index contributed by atoms with van der Waals surface area (Å²) in [6.45, 7) is 4.40. The Hall–Kier alpha value is -2.72. The van der Waals surface area contributed by atoms with Crippen LogP contribution >= 0.6 is 23.1 Å². The number of anilines is 1. The normalized spacial score (nSPS) is 11.4. The molecule has 8 nitrogen and oxygen atoms in total. The molecule has 3 heterocycles. The summed E-state index contributed by atoms with van der Waals surface area (Å²) >= 11 is 3.11. The zero-order valence-electron chi connectivity index (χ0n) is 15.4. The Morgan fingerprint density at radius 2 is 2.18 bits per heavy atom. The molecule has 10 heteroatoms. The molecule has 0 saturated heterocycles. The number of nitrogens with two attached hydrogens (primary N) is 1. The minimum atomic E-state index is -0.290. The third-order valence-electron chi connectivity index (χ3n) is 4.13. The molecule has 0 aliphatic heterocycles. The van der Waals surface area contributed by atoms with E-state index in [4.69, 9.17) is 15.5 Å². The van der Waals surface area contributed by atoms with Gasteiger partial charge in [0.25, 0.3) is 0 Å². The van der Waals surface area contributed by atoms with Gasteiger partial charge in [0, 0.05) is 13.5 Å². The molecule has 4 aromatic rings. The lowest BCUT2D eigenvalue weighted by Crippen LogP contribution is -2.07. The average Bonchev–Trinajstić information content (AvgIpc) is 3.22. The number of hydrogen-bond donors (Lipinski definition) is 1. The van der Waals surface area contributed by atoms with Gasteiger partial charge in [0.15, 0.2) is 26.5 Å². The van der Waals surface area contributed by atoms with Gasteiger partial charge in [0.05, 0.1) is 16.8 Å². The van der Waals surface area contributed by atoms with Crippen molar-refractivity contribution in [3.63, 3.8) is 0 Å². The largest absolute Gasteiger partial charge is 0.466 e. The summed E-state index contributed by atoms with van der Waals surface area (Å²) in [5.41, 5.74) is 9.39. The van der Waals surface area contributed by atoms with Gasteiger partial charge in [-0.15, -0.1) is 11.3 Å². The Kier molecular flexibility index (Phi) is 5.14. The Labute approximate surface area is 169 Å². The van der Waals surface area contributed by atoms with E-state index in [0.717, 1.165) is 15.0 Å². The van der Waals surface area contributed by atoms with Crippen LogP contribution in [-0.2, 0) is 16.1 Å². The fraction of sp³-hybridized carbons (Fsp3) is 0.278. The van der Waals surface area contributed by atoms with E-state index in [2.05, 4.69) is 27.9 Å². The molecule has 0 fully saturated rings. The Balaban J connectivity index is 1.68. The number of carbonyl (C=O) groups excluding carboxylic acids is 1. The van der Waals surface area contributed by atoms with E-state index in [1.54, 1.807) is 11.3 Å². The van der Waals surface area contributed by atoms with Crippen LogP contribution in [0.25, 0.3) is 21.4 Å². The second-order valence-electron chi connectivity index (χ2n) is 6.18. The first-order valence-corrected chi connectivity index (χ1v) is 10.3. The first-order chi connectivity index (χ1) is 13.5. The lowest BCUT2D eigenvalue weighted by molar-refractivity contribution is -0.141. The van der Waals surface area contributed by atoms with E-state index in [1.807, 2.05) is 16.7 Å². The van der Waals surface area contributed by atoms with Crippen LogP contribution in [0, 0.1) is 6.92 Å². The zero-order valence-corrected chi connectivity index (χ0v) is 17.0. The van der Waals surface area contributed by atoms with Crippen LogP contribution in [0.2, 0.25) is 0 Å². The average molecular weight is 415 g/mol. The number of fused-ring (bicyclic) bond motifs is 2. The summed E-state index contributed by atoms with van der Waals surface area (Å²) < 4.78 is 9.08. The van der Waals surface area contributed by atoms with Crippen molar-refractivity contribution in [3.8, 4) is 0 Å². The number of ether oxygens (including phenoxy) is 1. The molecule has 0 unspecified atom stereocenters. The van der Waals surface area contributed by atoms with Crippen molar-refractivity contribution in [1.29, 1.82) is 0 Å². The smallest absolute Gasteiger partial charge is 0.302 e. The molecule has 3 aromatic heterocycles. The number of imidazole rings is 1. The molecule has 0 bridgehead atoms. The van der Waals surface area contributed by atoms with Gasteiger partial charge in [0.1, 0.15) is 6.33 Å². The zero-order chi connectivity index (χ0) is 19.7. The first-order valence-electron chi connectivity index (χ1n) is 8.67. The fourth-order valence-corrected chi connectivity index (χ4v) is 4.97. The number of carbonyl (C=O) groups is 1. The van der Waals surface area contributed by atoms with Gasteiger partial charge in [-0.1, -0.05) is 12.1 Å². The van der Waals surface area contributed by atoms with Crippen molar-refractivity contribution in [3.05, 3.63) is 30.1 Å². The van der Waals surface area contributed by atoms with Crippen molar-refractivity contribution >= 4 is 56.3 Å². The van der Waals surface area contributed by atoms with Crippen LogP contribution in [0.4, 0.5) is 5.82 Å². The molecule has 4 rings (SSSR count). The Morgan fingerprint density at radius 1 is 1.32 bits per heavy atom. The summed E-state index contributed by atoms with van der Waals surface area (Å²) in [7, 11) is 0. The molecule has 0 spiro atoms. The maximum Gasteiger partial charge on any atom is 0.302 e. The molecule has 28 heavy (non-hydrogen) atoms. The highest BCUT2D eigenvalue weighted by molar-refractivity contribution is 8.01. The standard InChI is InChI=1S/C18H18N6O2S2/c1-10-5-3-6-12-14(10)27-18(22-12)28-17-23-13-15(19)20-9-21-16(13)24(17)7-4-8-26-11(2)25/h3,5-6,9H,4,7-8H2,1-2H3,(H2,19,20,21). The highest BCUT2D eigenvalue weighted by Crippen LogP contribution is 2.36. The summed E-state index contributed by atoms with van der Waals surface area (Å²) in [6.07, 6.45) is 2.07. The fourth-order valence-electron chi connectivity index (χ4n) is 2.84. The van der Waals surface area contributed by atoms with Crippen molar-refractivity contribution in [1.82, 2.24) is 24.5 Å². The molecule has 1 aromatic carbocycles. The molecule has 0 radical (unpaired) electrons. The molecule has 0 saturated carbocycles. The molecular weight excluding hydrogens is 396 g/mol. The van der Waals surface area contributed by atoms with Gasteiger partial charge < -0.3 is 15.0 Å². The second kappa shape index (κ2) is 7.72. The highest BCUT2D eigenvalue weighted by Gasteiger charge is 2.18. The molecular formula is C18H18N6O2S2. The van der Waals surface area contributed by atoms with E-state index < -0.39 is 0 Å². The number of hydrogen-bond acceptors (Lipinski definition) is 9. The van der Waals surface area contributed by atoms with Crippen LogP contribution in [0.15, 0.2) is 34.0 Å². The maximum atomic E-state index is 11.0. The molecule has 0 amide bonds. The molecule has 0 aliphatic carbocycles. The predicted molar refractivity (Wildman–Crippen MR) is 109 cm³/mol. The van der Waals surface area contributed by atoms with E-state index >= 15 is 0 Å². The second-order valence-corrected chi connectivity index (χ2v) is 8.39. The number of thiazole rings is 1. The van der Waals surface area contributed by atoms with E-state index in [9.17, 15) is 4.79 Å². The van der Waals surface area contributed by atoms with Crippen LogP contribution in [0.3, 0.4) is 0 Å². The van der Waals surface area contributed by atoms with Crippen molar-refractivity contribution in [2.75, 3.05) is 12.3 Å². The third kappa shape index (κ3) is 3.65. The number of benzene rings is 1. The topological polar surface area (TPSA) is 109 Å². The monoisotopic (exact) mass is 414 g/mol. The quantitative estimate of drug-likeness (QED) is 0.377. The van der Waals surface area contributed by atoms with Crippen LogP contribution in [0.1, 0.15) is 18.9 Å². The number of nitrogen functional groups attached to an aromatic ring is 1. The Bertz CT molecular complexity index is 1170. The van der Waals surface area contributed by atoms with Gasteiger partial charge >= 0.3 is 5.97 Å². The van der Waals surface area contributed by atoms with Gasteiger partial charge in [-0.05, 0) is 36.7 Å².